The number of rotatable bonds is 3. The van der Waals surface area contributed by atoms with E-state index in [0.717, 1.165) is 17.2 Å². The van der Waals surface area contributed by atoms with Gasteiger partial charge < -0.3 is 4.74 Å². The van der Waals surface area contributed by atoms with E-state index in [1.807, 2.05) is 0 Å². The summed E-state index contributed by atoms with van der Waals surface area (Å²) in [6, 6.07) is 9.01. The highest BCUT2D eigenvalue weighted by atomic mass is 19.4. The lowest BCUT2D eigenvalue weighted by Gasteiger charge is -2.22. The highest BCUT2D eigenvalue weighted by Gasteiger charge is 2.36. The molecular formula is C15H13F3N2O2. The Labute approximate surface area is 124 Å². The van der Waals surface area contributed by atoms with E-state index in [1.165, 1.54) is 0 Å². The molecule has 0 aliphatic heterocycles. The molecule has 0 atom stereocenters. The predicted octanol–water partition coefficient (Wildman–Crippen LogP) is 3.60. The lowest BCUT2D eigenvalue weighted by Crippen LogP contribution is -2.27. The van der Waals surface area contributed by atoms with Gasteiger partial charge in [-0.3, -0.25) is 4.79 Å². The Bertz CT molecular complexity index is 676. The molecule has 1 aromatic carbocycles. The van der Waals surface area contributed by atoms with Crippen LogP contribution in [0.1, 0.15) is 25.0 Å². The Balaban J connectivity index is 1.95. The van der Waals surface area contributed by atoms with Crippen molar-refractivity contribution in [3.8, 4) is 11.6 Å². The number of carbonyl (C=O) groups excluding carboxylic acids is 1. The van der Waals surface area contributed by atoms with Gasteiger partial charge in [0.1, 0.15) is 0 Å². The molecule has 22 heavy (non-hydrogen) atoms. The monoisotopic (exact) mass is 310 g/mol. The van der Waals surface area contributed by atoms with E-state index in [9.17, 15) is 18.0 Å². The summed E-state index contributed by atoms with van der Waals surface area (Å²) in [6.45, 7) is 0. The van der Waals surface area contributed by atoms with E-state index in [0.29, 0.717) is 18.5 Å². The van der Waals surface area contributed by atoms with Gasteiger partial charge in [0, 0.05) is 6.07 Å². The summed E-state index contributed by atoms with van der Waals surface area (Å²) in [7, 11) is 0. The van der Waals surface area contributed by atoms with Crippen LogP contribution in [-0.2, 0) is 11.0 Å². The molecule has 0 unspecified atom stereocenters. The van der Waals surface area contributed by atoms with Crippen molar-refractivity contribution in [2.24, 2.45) is 5.92 Å². The largest absolute Gasteiger partial charge is 0.435 e. The zero-order valence-corrected chi connectivity index (χ0v) is 11.5. The summed E-state index contributed by atoms with van der Waals surface area (Å²) in [5.41, 5.74) is -0.692. The maximum Gasteiger partial charge on any atom is 0.435 e. The maximum absolute atomic E-state index is 12.9. The highest BCUT2D eigenvalue weighted by Crippen LogP contribution is 2.33. The zero-order chi connectivity index (χ0) is 15.7. The molecule has 1 aromatic heterocycles. The lowest BCUT2D eigenvalue weighted by molar-refractivity contribution is -0.143. The number of ether oxygens (including phenoxy) is 1. The zero-order valence-electron chi connectivity index (χ0n) is 11.5. The van der Waals surface area contributed by atoms with Gasteiger partial charge >= 0.3 is 12.1 Å². The lowest BCUT2D eigenvalue weighted by atomic mass is 9.86. The average molecular weight is 310 g/mol. The Hall–Kier alpha value is -2.31. The molecule has 2 aromatic rings. The maximum atomic E-state index is 12.9. The first-order chi connectivity index (χ1) is 10.4. The number of hydrogen-bond donors (Lipinski definition) is 0. The van der Waals surface area contributed by atoms with Crippen molar-refractivity contribution in [1.82, 2.24) is 9.78 Å². The fraction of sp³-hybridized carbons (Fsp3) is 0.333. The second-order valence-corrected chi connectivity index (χ2v) is 5.16. The van der Waals surface area contributed by atoms with Crippen LogP contribution in [0, 0.1) is 5.92 Å². The first-order valence-electron chi connectivity index (χ1n) is 6.89. The number of halogens is 3. The highest BCUT2D eigenvalue weighted by molar-refractivity contribution is 5.75. The second kappa shape index (κ2) is 5.47. The Morgan fingerprint density at radius 1 is 1.23 bits per heavy atom. The van der Waals surface area contributed by atoms with Crippen molar-refractivity contribution in [2.45, 2.75) is 25.4 Å². The van der Waals surface area contributed by atoms with Crippen LogP contribution in [0.4, 0.5) is 13.2 Å². The van der Waals surface area contributed by atoms with E-state index < -0.39 is 17.8 Å². The van der Waals surface area contributed by atoms with Gasteiger partial charge in [0.05, 0.1) is 11.6 Å². The van der Waals surface area contributed by atoms with E-state index in [-0.39, 0.29) is 11.8 Å². The topological polar surface area (TPSA) is 44.1 Å². The van der Waals surface area contributed by atoms with Gasteiger partial charge in [-0.15, -0.1) is 0 Å². The number of esters is 1. The third kappa shape index (κ3) is 2.84. The van der Waals surface area contributed by atoms with Gasteiger partial charge in [-0.2, -0.15) is 18.3 Å². The second-order valence-electron chi connectivity index (χ2n) is 5.16. The van der Waals surface area contributed by atoms with Gasteiger partial charge in [0.25, 0.3) is 0 Å². The number of nitrogens with zero attached hydrogens (tertiary/aromatic N) is 2. The fourth-order valence-corrected chi connectivity index (χ4v) is 2.16. The molecule has 3 rings (SSSR count). The first-order valence-corrected chi connectivity index (χ1v) is 6.89. The number of benzene rings is 1. The number of para-hydroxylation sites is 1. The van der Waals surface area contributed by atoms with Crippen molar-refractivity contribution in [1.29, 1.82) is 0 Å². The molecule has 1 fully saturated rings. The smallest absolute Gasteiger partial charge is 0.407 e. The van der Waals surface area contributed by atoms with Gasteiger partial charge in [-0.1, -0.05) is 24.6 Å². The first kappa shape index (κ1) is 14.6. The van der Waals surface area contributed by atoms with Crippen LogP contribution in [0.5, 0.6) is 5.88 Å². The Morgan fingerprint density at radius 3 is 2.45 bits per heavy atom. The van der Waals surface area contributed by atoms with Crippen LogP contribution in [0.25, 0.3) is 5.69 Å². The van der Waals surface area contributed by atoms with E-state index in [4.69, 9.17) is 4.74 Å². The summed E-state index contributed by atoms with van der Waals surface area (Å²) >= 11 is 0. The minimum Gasteiger partial charge on any atom is -0.407 e. The standard InChI is InChI=1S/C15H13F3N2O2/c16-15(17,18)12-9-13(22-14(21)10-5-4-6-10)20(19-12)11-7-2-1-3-8-11/h1-3,7-10H,4-6H2. The van der Waals surface area contributed by atoms with Gasteiger partial charge in [0.2, 0.25) is 5.88 Å². The molecule has 0 N–H and O–H groups in total. The number of alkyl halides is 3. The average Bonchev–Trinajstić information content (AvgIpc) is 2.81. The number of hydrogen-bond acceptors (Lipinski definition) is 3. The molecule has 0 amide bonds. The molecular weight excluding hydrogens is 297 g/mol. The minimum atomic E-state index is -4.60. The molecule has 0 bridgehead atoms. The molecule has 1 aliphatic rings. The Morgan fingerprint density at radius 2 is 1.91 bits per heavy atom. The minimum absolute atomic E-state index is 0.213. The van der Waals surface area contributed by atoms with Crippen LogP contribution < -0.4 is 4.74 Å². The number of carbonyl (C=O) groups is 1. The molecule has 0 radical (unpaired) electrons. The fourth-order valence-electron chi connectivity index (χ4n) is 2.16. The van der Waals surface area contributed by atoms with Crippen LogP contribution in [0.3, 0.4) is 0 Å². The van der Waals surface area contributed by atoms with Crippen molar-refractivity contribution < 1.29 is 22.7 Å². The molecule has 116 valence electrons. The van der Waals surface area contributed by atoms with Gasteiger partial charge in [-0.05, 0) is 25.0 Å². The Kier molecular flexibility index (Phi) is 3.64. The predicted molar refractivity (Wildman–Crippen MR) is 71.5 cm³/mol. The number of aromatic nitrogens is 2. The van der Waals surface area contributed by atoms with Gasteiger partial charge in [-0.25, -0.2) is 4.68 Å². The molecule has 0 saturated heterocycles. The molecule has 7 heteroatoms. The normalized spacial score (nSPS) is 15.4. The molecule has 1 aliphatic carbocycles. The van der Waals surface area contributed by atoms with Crippen LogP contribution in [-0.4, -0.2) is 15.7 Å². The van der Waals surface area contributed by atoms with Crippen LogP contribution in [0.2, 0.25) is 0 Å². The molecule has 1 heterocycles. The van der Waals surface area contributed by atoms with Crippen molar-refractivity contribution in [3.05, 3.63) is 42.1 Å². The van der Waals surface area contributed by atoms with Crippen molar-refractivity contribution in [2.75, 3.05) is 0 Å². The quantitative estimate of drug-likeness (QED) is 0.814. The van der Waals surface area contributed by atoms with E-state index in [1.54, 1.807) is 30.3 Å². The summed E-state index contributed by atoms with van der Waals surface area (Å²) in [5, 5.41) is 3.52. The third-order valence-corrected chi connectivity index (χ3v) is 3.61. The summed E-state index contributed by atoms with van der Waals surface area (Å²) in [5.74, 6) is -0.944. The van der Waals surface area contributed by atoms with Crippen molar-refractivity contribution >= 4 is 5.97 Å². The van der Waals surface area contributed by atoms with Crippen LogP contribution in [0.15, 0.2) is 36.4 Å². The van der Waals surface area contributed by atoms with Gasteiger partial charge in [0.15, 0.2) is 5.69 Å². The molecule has 1 saturated carbocycles. The summed E-state index contributed by atoms with van der Waals surface area (Å²) < 4.78 is 44.7. The SMILES string of the molecule is O=C(Oc1cc(C(F)(F)F)nn1-c1ccccc1)C1CCC1. The third-order valence-electron chi connectivity index (χ3n) is 3.61. The molecule has 0 spiro atoms. The summed E-state index contributed by atoms with van der Waals surface area (Å²) in [6.07, 6.45) is -2.24. The van der Waals surface area contributed by atoms with E-state index >= 15 is 0 Å². The molecule has 4 nitrogen and oxygen atoms in total. The van der Waals surface area contributed by atoms with Crippen LogP contribution >= 0.6 is 0 Å². The summed E-state index contributed by atoms with van der Waals surface area (Å²) in [4.78, 5) is 11.9. The van der Waals surface area contributed by atoms with E-state index in [2.05, 4.69) is 5.10 Å². The van der Waals surface area contributed by atoms with Crippen molar-refractivity contribution in [3.63, 3.8) is 0 Å².